The van der Waals surface area contributed by atoms with Gasteiger partial charge in [-0.05, 0) is 57.0 Å². The third-order valence-electron chi connectivity index (χ3n) is 5.86. The fraction of sp³-hybridized carbons (Fsp3) is 0.269. The van der Waals surface area contributed by atoms with Crippen LogP contribution in [0, 0.1) is 6.92 Å². The SMILES string of the molecule is CCN(CC)C(=O)C1=C(C)N=c2s/c(=C/c3ccc(C)cc3)c(=O)n2[C@H]1c1ccc(Cl)cc1. The summed E-state index contributed by atoms with van der Waals surface area (Å²) in [6, 6.07) is 14.8. The Bertz CT molecular complexity index is 1400. The molecule has 0 unspecified atom stereocenters. The predicted molar refractivity (Wildman–Crippen MR) is 134 cm³/mol. The van der Waals surface area contributed by atoms with Crippen LogP contribution in [0.15, 0.2) is 69.6 Å². The zero-order valence-corrected chi connectivity index (χ0v) is 20.7. The molecular formula is C26H26ClN3O2S. The standard InChI is InChI=1S/C26H26ClN3O2S/c1-5-29(6-2)25(32)22-17(4)28-26-30(23(22)19-11-13-20(27)14-12-19)24(31)21(33-26)15-18-9-7-16(3)8-10-18/h7-15,23H,5-6H2,1-4H3/b21-15+/t23-/m0/s1. The van der Waals surface area contributed by atoms with Gasteiger partial charge in [0.2, 0.25) is 0 Å². The number of likely N-dealkylation sites (N-methyl/N-ethyl adjacent to an activating group) is 1. The molecule has 7 heteroatoms. The molecule has 170 valence electrons. The number of carbonyl (C=O) groups excluding carboxylic acids is 1. The molecule has 0 saturated carbocycles. The van der Waals surface area contributed by atoms with E-state index in [0.717, 1.165) is 16.7 Å². The molecule has 0 N–H and O–H groups in total. The molecule has 1 atom stereocenters. The number of aromatic nitrogens is 1. The van der Waals surface area contributed by atoms with Gasteiger partial charge >= 0.3 is 0 Å². The lowest BCUT2D eigenvalue weighted by Crippen LogP contribution is -2.43. The molecule has 0 bridgehead atoms. The van der Waals surface area contributed by atoms with Gasteiger partial charge < -0.3 is 4.90 Å². The molecule has 3 aromatic rings. The molecule has 0 aliphatic carbocycles. The van der Waals surface area contributed by atoms with Crippen LogP contribution in [0.25, 0.3) is 6.08 Å². The van der Waals surface area contributed by atoms with Gasteiger partial charge in [0, 0.05) is 18.1 Å². The second-order valence-electron chi connectivity index (χ2n) is 8.02. The Kier molecular flexibility index (Phi) is 6.68. The monoisotopic (exact) mass is 479 g/mol. The van der Waals surface area contributed by atoms with Crippen molar-refractivity contribution in [2.45, 2.75) is 33.7 Å². The normalized spacial score (nSPS) is 15.9. The summed E-state index contributed by atoms with van der Waals surface area (Å²) in [5, 5.41) is 0.600. The van der Waals surface area contributed by atoms with Crippen LogP contribution in [0.4, 0.5) is 0 Å². The van der Waals surface area contributed by atoms with Gasteiger partial charge in [-0.15, -0.1) is 0 Å². The summed E-state index contributed by atoms with van der Waals surface area (Å²) in [7, 11) is 0. The van der Waals surface area contributed by atoms with Crippen LogP contribution in [0.2, 0.25) is 5.02 Å². The number of carbonyl (C=O) groups is 1. The molecule has 2 heterocycles. The summed E-state index contributed by atoms with van der Waals surface area (Å²) in [5.41, 5.74) is 3.93. The highest BCUT2D eigenvalue weighted by atomic mass is 35.5. The number of benzene rings is 2. The molecule has 1 amide bonds. The van der Waals surface area contributed by atoms with Crippen molar-refractivity contribution in [1.82, 2.24) is 9.47 Å². The van der Waals surface area contributed by atoms with Crippen molar-refractivity contribution in [3.63, 3.8) is 0 Å². The van der Waals surface area contributed by atoms with E-state index in [1.807, 2.05) is 70.2 Å². The number of halogens is 1. The van der Waals surface area contributed by atoms with Crippen molar-refractivity contribution < 1.29 is 4.79 Å². The number of hydrogen-bond acceptors (Lipinski definition) is 4. The van der Waals surface area contributed by atoms with Gasteiger partial charge in [0.25, 0.3) is 11.5 Å². The maximum absolute atomic E-state index is 13.6. The number of fused-ring (bicyclic) bond motifs is 1. The van der Waals surface area contributed by atoms with Crippen LogP contribution in [0.1, 0.15) is 43.5 Å². The Balaban J connectivity index is 1.95. The van der Waals surface area contributed by atoms with Crippen molar-refractivity contribution >= 4 is 34.9 Å². The third kappa shape index (κ3) is 4.45. The summed E-state index contributed by atoms with van der Waals surface area (Å²) in [6.07, 6.45) is 1.88. The molecule has 4 rings (SSSR count). The average molecular weight is 480 g/mol. The smallest absolute Gasteiger partial charge is 0.271 e. The van der Waals surface area contributed by atoms with Gasteiger partial charge in [-0.3, -0.25) is 14.2 Å². The molecule has 33 heavy (non-hydrogen) atoms. The highest BCUT2D eigenvalue weighted by molar-refractivity contribution is 7.07. The Hall–Kier alpha value is -2.96. The van der Waals surface area contributed by atoms with Crippen molar-refractivity contribution in [3.8, 4) is 0 Å². The first-order valence-corrected chi connectivity index (χ1v) is 12.2. The molecule has 0 saturated heterocycles. The summed E-state index contributed by atoms with van der Waals surface area (Å²) >= 11 is 7.48. The number of allylic oxidation sites excluding steroid dienone is 1. The van der Waals surface area contributed by atoms with E-state index in [4.69, 9.17) is 16.6 Å². The molecule has 1 aliphatic heterocycles. The van der Waals surface area contributed by atoms with Crippen LogP contribution in [0.3, 0.4) is 0 Å². The fourth-order valence-electron chi connectivity index (χ4n) is 4.05. The van der Waals surface area contributed by atoms with Gasteiger partial charge in [-0.2, -0.15) is 0 Å². The molecule has 0 fully saturated rings. The van der Waals surface area contributed by atoms with Gasteiger partial charge in [0.05, 0.1) is 21.8 Å². The molecule has 1 aromatic heterocycles. The second kappa shape index (κ2) is 9.49. The summed E-state index contributed by atoms with van der Waals surface area (Å²) in [5.74, 6) is -0.103. The second-order valence-corrected chi connectivity index (χ2v) is 9.47. The summed E-state index contributed by atoms with van der Waals surface area (Å²) < 4.78 is 2.23. The van der Waals surface area contributed by atoms with E-state index < -0.39 is 6.04 Å². The number of hydrogen-bond donors (Lipinski definition) is 0. The first-order chi connectivity index (χ1) is 15.8. The molecule has 1 aliphatic rings. The summed E-state index contributed by atoms with van der Waals surface area (Å²) in [4.78, 5) is 34.2. The van der Waals surface area contributed by atoms with E-state index in [9.17, 15) is 9.59 Å². The Morgan fingerprint density at radius 1 is 1.09 bits per heavy atom. The van der Waals surface area contributed by atoms with E-state index >= 15 is 0 Å². The van der Waals surface area contributed by atoms with E-state index in [2.05, 4.69) is 0 Å². The number of rotatable bonds is 5. The van der Waals surface area contributed by atoms with E-state index in [-0.39, 0.29) is 11.5 Å². The van der Waals surface area contributed by atoms with Gasteiger partial charge in [0.1, 0.15) is 0 Å². The maximum Gasteiger partial charge on any atom is 0.271 e. The molecule has 2 aromatic carbocycles. The Morgan fingerprint density at radius 2 is 1.73 bits per heavy atom. The van der Waals surface area contributed by atoms with Gasteiger partial charge in [0.15, 0.2) is 4.80 Å². The van der Waals surface area contributed by atoms with Crippen molar-refractivity contribution in [2.24, 2.45) is 4.99 Å². The first kappa shape index (κ1) is 23.2. The summed E-state index contributed by atoms with van der Waals surface area (Å²) in [6.45, 7) is 8.93. The topological polar surface area (TPSA) is 54.7 Å². The third-order valence-corrected chi connectivity index (χ3v) is 7.10. The minimum atomic E-state index is -0.563. The van der Waals surface area contributed by atoms with Crippen LogP contribution in [-0.4, -0.2) is 28.5 Å². The average Bonchev–Trinajstić information content (AvgIpc) is 3.10. The van der Waals surface area contributed by atoms with E-state index in [1.165, 1.54) is 11.3 Å². The first-order valence-electron chi connectivity index (χ1n) is 11.0. The number of nitrogens with zero attached hydrogens (tertiary/aromatic N) is 3. The van der Waals surface area contributed by atoms with Crippen molar-refractivity contribution in [3.05, 3.63) is 101 Å². The highest BCUT2D eigenvalue weighted by Gasteiger charge is 2.34. The van der Waals surface area contributed by atoms with Gasteiger partial charge in [-0.1, -0.05) is 64.9 Å². The maximum atomic E-state index is 13.6. The van der Waals surface area contributed by atoms with Crippen LogP contribution >= 0.6 is 22.9 Å². The van der Waals surface area contributed by atoms with Crippen molar-refractivity contribution in [1.29, 1.82) is 0 Å². The lowest BCUT2D eigenvalue weighted by molar-refractivity contribution is -0.127. The zero-order chi connectivity index (χ0) is 23.7. The van der Waals surface area contributed by atoms with Gasteiger partial charge in [-0.25, -0.2) is 4.99 Å². The largest absolute Gasteiger partial charge is 0.339 e. The fourth-order valence-corrected chi connectivity index (χ4v) is 5.22. The van der Waals surface area contributed by atoms with Crippen LogP contribution < -0.4 is 14.9 Å². The number of aryl methyl sites for hydroxylation is 1. The molecule has 0 spiro atoms. The molecule has 5 nitrogen and oxygen atoms in total. The Morgan fingerprint density at radius 3 is 2.33 bits per heavy atom. The lowest BCUT2D eigenvalue weighted by atomic mass is 9.94. The Labute approximate surface area is 202 Å². The quantitative estimate of drug-likeness (QED) is 0.554. The molecule has 0 radical (unpaired) electrons. The predicted octanol–water partition coefficient (Wildman–Crippen LogP) is 4.07. The van der Waals surface area contributed by atoms with E-state index in [0.29, 0.717) is 38.7 Å². The zero-order valence-electron chi connectivity index (χ0n) is 19.1. The minimum Gasteiger partial charge on any atom is -0.339 e. The van der Waals surface area contributed by atoms with Crippen LogP contribution in [-0.2, 0) is 4.79 Å². The number of amides is 1. The lowest BCUT2D eigenvalue weighted by Gasteiger charge is -2.29. The number of thiazole rings is 1. The molecular weight excluding hydrogens is 454 g/mol. The highest BCUT2D eigenvalue weighted by Crippen LogP contribution is 2.31. The van der Waals surface area contributed by atoms with E-state index in [1.54, 1.807) is 21.6 Å². The van der Waals surface area contributed by atoms with Crippen LogP contribution in [0.5, 0.6) is 0 Å². The minimum absolute atomic E-state index is 0.103. The van der Waals surface area contributed by atoms with Crippen molar-refractivity contribution in [2.75, 3.05) is 13.1 Å².